The molecule has 1 aliphatic rings. The Labute approximate surface area is 152 Å². The molecule has 6 nitrogen and oxygen atoms in total. The molecule has 0 bridgehead atoms. The van der Waals surface area contributed by atoms with E-state index in [4.69, 9.17) is 9.47 Å². The van der Waals surface area contributed by atoms with Crippen molar-refractivity contribution in [1.29, 1.82) is 0 Å². The number of fused-ring (bicyclic) bond motifs is 1. The van der Waals surface area contributed by atoms with Gasteiger partial charge in [0.2, 0.25) is 5.91 Å². The van der Waals surface area contributed by atoms with Crippen LogP contribution in [0.15, 0.2) is 42.5 Å². The van der Waals surface area contributed by atoms with Crippen molar-refractivity contribution < 1.29 is 19.1 Å². The van der Waals surface area contributed by atoms with E-state index >= 15 is 0 Å². The molecule has 0 fully saturated rings. The van der Waals surface area contributed by atoms with E-state index in [2.05, 4.69) is 10.6 Å². The lowest BCUT2D eigenvalue weighted by Gasteiger charge is -2.20. The van der Waals surface area contributed by atoms with E-state index in [1.807, 2.05) is 38.1 Å². The van der Waals surface area contributed by atoms with Crippen LogP contribution in [-0.2, 0) is 11.3 Å². The van der Waals surface area contributed by atoms with Crippen LogP contribution in [0.5, 0.6) is 11.5 Å². The molecule has 2 N–H and O–H groups in total. The summed E-state index contributed by atoms with van der Waals surface area (Å²) in [6.07, 6.45) is 0. The van der Waals surface area contributed by atoms with Gasteiger partial charge in [0.15, 0.2) is 11.5 Å². The maximum absolute atomic E-state index is 12.5. The summed E-state index contributed by atoms with van der Waals surface area (Å²) in [6.45, 7) is 4.98. The quantitative estimate of drug-likeness (QED) is 0.865. The number of nitrogens with one attached hydrogen (secondary N) is 2. The van der Waals surface area contributed by atoms with Crippen molar-refractivity contribution in [1.82, 2.24) is 5.32 Å². The lowest BCUT2D eigenvalue weighted by atomic mass is 10.1. The van der Waals surface area contributed by atoms with Crippen LogP contribution in [0.1, 0.15) is 29.8 Å². The third-order valence-corrected chi connectivity index (χ3v) is 4.01. The van der Waals surface area contributed by atoms with Crippen LogP contribution in [0.4, 0.5) is 5.69 Å². The summed E-state index contributed by atoms with van der Waals surface area (Å²) in [5.41, 5.74) is 2.13. The monoisotopic (exact) mass is 354 g/mol. The van der Waals surface area contributed by atoms with Crippen LogP contribution in [0.2, 0.25) is 0 Å². The third-order valence-electron chi connectivity index (χ3n) is 4.01. The molecule has 0 spiro atoms. The molecule has 0 aliphatic carbocycles. The van der Waals surface area contributed by atoms with Crippen LogP contribution < -0.4 is 20.1 Å². The predicted octanol–water partition coefficient (Wildman–Crippen LogP) is 2.98. The van der Waals surface area contributed by atoms with E-state index in [1.165, 1.54) is 0 Å². The number of amides is 2. The first-order chi connectivity index (χ1) is 12.5. The number of carbonyl (C=O) groups is 2. The van der Waals surface area contributed by atoms with Crippen molar-refractivity contribution in [2.24, 2.45) is 5.92 Å². The van der Waals surface area contributed by atoms with Gasteiger partial charge in [-0.15, -0.1) is 0 Å². The van der Waals surface area contributed by atoms with Gasteiger partial charge in [-0.2, -0.15) is 0 Å². The van der Waals surface area contributed by atoms with Crippen molar-refractivity contribution in [2.75, 3.05) is 18.5 Å². The van der Waals surface area contributed by atoms with Crippen LogP contribution in [-0.4, -0.2) is 25.0 Å². The molecule has 0 atom stereocenters. The van der Waals surface area contributed by atoms with Crippen molar-refractivity contribution >= 4 is 17.5 Å². The predicted molar refractivity (Wildman–Crippen MR) is 98.5 cm³/mol. The Balaban J connectivity index is 1.61. The molecular weight excluding hydrogens is 332 g/mol. The molecule has 1 aliphatic heterocycles. The second-order valence-electron chi connectivity index (χ2n) is 6.35. The zero-order valence-electron chi connectivity index (χ0n) is 14.9. The van der Waals surface area contributed by atoms with Gasteiger partial charge >= 0.3 is 0 Å². The Hall–Kier alpha value is -3.02. The zero-order valence-corrected chi connectivity index (χ0v) is 14.9. The van der Waals surface area contributed by atoms with Crippen LogP contribution in [0.3, 0.4) is 0 Å². The smallest absolute Gasteiger partial charge is 0.255 e. The standard InChI is InChI=1S/C20H22N2O4/c1-13(2)19(23)22-15-8-6-14(7-9-15)12-21-20(24)16-4-3-5-17-18(16)26-11-10-25-17/h3-9,13H,10-12H2,1-2H3,(H,21,24)(H,22,23). The fraction of sp³-hybridized carbons (Fsp3) is 0.300. The summed E-state index contributed by atoms with van der Waals surface area (Å²) >= 11 is 0. The largest absolute Gasteiger partial charge is 0.486 e. The third kappa shape index (κ3) is 4.14. The lowest BCUT2D eigenvalue weighted by molar-refractivity contribution is -0.118. The fourth-order valence-corrected chi connectivity index (χ4v) is 2.52. The Morgan fingerprint density at radius 3 is 2.50 bits per heavy atom. The Morgan fingerprint density at radius 2 is 1.77 bits per heavy atom. The van der Waals surface area contributed by atoms with Crippen molar-refractivity contribution in [3.8, 4) is 11.5 Å². The highest BCUT2D eigenvalue weighted by atomic mass is 16.6. The minimum Gasteiger partial charge on any atom is -0.486 e. The molecule has 136 valence electrons. The molecular formula is C20H22N2O4. The first-order valence-electron chi connectivity index (χ1n) is 8.61. The van der Waals surface area contributed by atoms with Gasteiger partial charge in [-0.3, -0.25) is 9.59 Å². The Morgan fingerprint density at radius 1 is 1.04 bits per heavy atom. The molecule has 0 saturated carbocycles. The van der Waals surface area contributed by atoms with E-state index in [-0.39, 0.29) is 17.7 Å². The highest BCUT2D eigenvalue weighted by Gasteiger charge is 2.20. The van der Waals surface area contributed by atoms with Crippen LogP contribution in [0, 0.1) is 5.92 Å². The Kier molecular flexibility index (Phi) is 5.41. The first-order valence-corrected chi connectivity index (χ1v) is 8.61. The summed E-state index contributed by atoms with van der Waals surface area (Å²) in [4.78, 5) is 24.2. The van der Waals surface area contributed by atoms with E-state index in [1.54, 1.807) is 18.2 Å². The van der Waals surface area contributed by atoms with Gasteiger partial charge < -0.3 is 20.1 Å². The molecule has 0 radical (unpaired) electrons. The topological polar surface area (TPSA) is 76.7 Å². The average molecular weight is 354 g/mol. The van der Waals surface area contributed by atoms with E-state index in [0.717, 1.165) is 11.3 Å². The number of ether oxygens (including phenoxy) is 2. The van der Waals surface area contributed by atoms with Gasteiger partial charge in [-0.05, 0) is 29.8 Å². The maximum Gasteiger partial charge on any atom is 0.255 e. The molecule has 26 heavy (non-hydrogen) atoms. The van der Waals surface area contributed by atoms with E-state index < -0.39 is 0 Å². The normalized spacial score (nSPS) is 12.6. The maximum atomic E-state index is 12.5. The second-order valence-corrected chi connectivity index (χ2v) is 6.35. The van der Waals surface area contributed by atoms with E-state index in [0.29, 0.717) is 36.8 Å². The molecule has 0 unspecified atom stereocenters. The van der Waals surface area contributed by atoms with Gasteiger partial charge in [0, 0.05) is 18.2 Å². The van der Waals surface area contributed by atoms with Gasteiger partial charge in [0.1, 0.15) is 13.2 Å². The zero-order chi connectivity index (χ0) is 18.5. The molecule has 3 rings (SSSR count). The number of anilines is 1. The number of hydrogen-bond donors (Lipinski definition) is 2. The van der Waals surface area contributed by atoms with Crippen molar-refractivity contribution in [3.63, 3.8) is 0 Å². The number of hydrogen-bond acceptors (Lipinski definition) is 4. The van der Waals surface area contributed by atoms with Gasteiger partial charge in [0.25, 0.3) is 5.91 Å². The molecule has 2 amide bonds. The number of rotatable bonds is 5. The minimum atomic E-state index is -0.218. The minimum absolute atomic E-state index is 0.0258. The number of benzene rings is 2. The number of para-hydroxylation sites is 1. The SMILES string of the molecule is CC(C)C(=O)Nc1ccc(CNC(=O)c2cccc3c2OCCO3)cc1. The number of carbonyl (C=O) groups excluding carboxylic acids is 2. The van der Waals surface area contributed by atoms with Crippen molar-refractivity contribution in [2.45, 2.75) is 20.4 Å². The highest BCUT2D eigenvalue weighted by molar-refractivity contribution is 5.97. The van der Waals surface area contributed by atoms with Crippen LogP contribution in [0.25, 0.3) is 0 Å². The molecule has 0 saturated heterocycles. The molecule has 2 aromatic rings. The van der Waals surface area contributed by atoms with Crippen LogP contribution >= 0.6 is 0 Å². The average Bonchev–Trinajstić information content (AvgIpc) is 2.66. The fourth-order valence-electron chi connectivity index (χ4n) is 2.52. The van der Waals surface area contributed by atoms with Crippen molar-refractivity contribution in [3.05, 3.63) is 53.6 Å². The molecule has 0 aromatic heterocycles. The lowest BCUT2D eigenvalue weighted by Crippen LogP contribution is -2.25. The Bertz CT molecular complexity index is 800. The second kappa shape index (κ2) is 7.91. The highest BCUT2D eigenvalue weighted by Crippen LogP contribution is 2.33. The first kappa shape index (κ1) is 17.8. The van der Waals surface area contributed by atoms with E-state index in [9.17, 15) is 9.59 Å². The van der Waals surface area contributed by atoms with Gasteiger partial charge in [-0.1, -0.05) is 32.0 Å². The summed E-state index contributed by atoms with van der Waals surface area (Å²) in [6, 6.07) is 12.7. The van der Waals surface area contributed by atoms with Gasteiger partial charge in [0.05, 0.1) is 5.56 Å². The molecule has 2 aromatic carbocycles. The summed E-state index contributed by atoms with van der Waals surface area (Å²) in [7, 11) is 0. The van der Waals surface area contributed by atoms with Gasteiger partial charge in [-0.25, -0.2) is 0 Å². The summed E-state index contributed by atoms with van der Waals surface area (Å²) in [5, 5.41) is 5.72. The summed E-state index contributed by atoms with van der Waals surface area (Å²) in [5.74, 6) is 0.765. The molecule has 6 heteroatoms. The summed E-state index contributed by atoms with van der Waals surface area (Å²) < 4.78 is 11.1. The molecule has 1 heterocycles.